The second kappa shape index (κ2) is 6.34. The summed E-state index contributed by atoms with van der Waals surface area (Å²) in [5.74, 6) is 0.738. The number of benzene rings is 1. The van der Waals surface area contributed by atoms with E-state index >= 15 is 0 Å². The van der Waals surface area contributed by atoms with Gasteiger partial charge in [-0.3, -0.25) is 4.79 Å². The lowest BCUT2D eigenvalue weighted by Crippen LogP contribution is -2.41. The Bertz CT molecular complexity index is 729. The van der Waals surface area contributed by atoms with Crippen LogP contribution < -0.4 is 14.8 Å². The molecule has 1 aromatic heterocycles. The van der Waals surface area contributed by atoms with Crippen molar-refractivity contribution in [3.63, 3.8) is 0 Å². The van der Waals surface area contributed by atoms with Crippen LogP contribution in [0.3, 0.4) is 0 Å². The van der Waals surface area contributed by atoms with E-state index in [9.17, 15) is 14.9 Å². The molecule has 0 fully saturated rings. The fourth-order valence-corrected chi connectivity index (χ4v) is 2.14. The van der Waals surface area contributed by atoms with Crippen LogP contribution in [0.5, 0.6) is 11.5 Å². The molecule has 0 spiro atoms. The molecular weight excluding hydrogens is 304 g/mol. The summed E-state index contributed by atoms with van der Waals surface area (Å²) in [7, 11) is 0. The lowest BCUT2D eigenvalue weighted by molar-refractivity contribution is -0.389. The van der Waals surface area contributed by atoms with Crippen molar-refractivity contribution in [2.75, 3.05) is 13.2 Å². The van der Waals surface area contributed by atoms with E-state index in [2.05, 4.69) is 10.3 Å². The van der Waals surface area contributed by atoms with Gasteiger partial charge in [0, 0.05) is 0 Å². The molecule has 23 heavy (non-hydrogen) atoms. The summed E-state index contributed by atoms with van der Waals surface area (Å²) in [6.07, 6.45) is 2.16. The minimum absolute atomic E-state index is 0.0506. The van der Waals surface area contributed by atoms with Crippen LogP contribution in [0.4, 0.5) is 5.82 Å². The number of aromatic nitrogens is 2. The van der Waals surface area contributed by atoms with Gasteiger partial charge in [-0.2, -0.15) is 0 Å². The van der Waals surface area contributed by atoms with Crippen molar-refractivity contribution in [3.8, 4) is 11.5 Å². The van der Waals surface area contributed by atoms with Crippen LogP contribution >= 0.6 is 0 Å². The van der Waals surface area contributed by atoms with Gasteiger partial charge in [-0.25, -0.2) is 0 Å². The van der Waals surface area contributed by atoms with Crippen molar-refractivity contribution in [2.24, 2.45) is 0 Å². The maximum Gasteiger partial charge on any atom is 0.381 e. The van der Waals surface area contributed by atoms with Gasteiger partial charge in [0.25, 0.3) is 0 Å². The fraction of sp³-hybridized carbons (Fsp3) is 0.286. The third kappa shape index (κ3) is 3.57. The number of imidazole rings is 1. The number of carbonyl (C=O) groups excluding carboxylic acids is 1. The summed E-state index contributed by atoms with van der Waals surface area (Å²) >= 11 is 0. The largest absolute Gasteiger partial charge is 0.486 e. The Hall–Kier alpha value is -3.10. The van der Waals surface area contributed by atoms with E-state index < -0.39 is 4.92 Å². The number of nitro groups is 1. The number of amides is 1. The Morgan fingerprint density at radius 1 is 1.43 bits per heavy atom. The van der Waals surface area contributed by atoms with E-state index in [1.807, 2.05) is 18.2 Å². The summed E-state index contributed by atoms with van der Waals surface area (Å²) < 4.78 is 12.6. The Labute approximate surface area is 131 Å². The van der Waals surface area contributed by atoms with Gasteiger partial charge in [0.15, 0.2) is 11.5 Å². The number of ether oxygens (including phenoxy) is 2. The molecule has 0 aliphatic carbocycles. The van der Waals surface area contributed by atoms with Crippen LogP contribution in [0.25, 0.3) is 0 Å². The predicted octanol–water partition coefficient (Wildman–Crippen LogP) is 0.747. The third-order valence-corrected chi connectivity index (χ3v) is 3.23. The first-order chi connectivity index (χ1) is 11.1. The number of hydrogen-bond donors (Lipinski definition) is 1. The number of nitrogens with one attached hydrogen (secondary N) is 1. The summed E-state index contributed by atoms with van der Waals surface area (Å²) in [4.78, 5) is 25.4. The van der Waals surface area contributed by atoms with Crippen LogP contribution in [0.2, 0.25) is 0 Å². The molecule has 9 nitrogen and oxygen atoms in total. The lowest BCUT2D eigenvalue weighted by atomic mass is 10.2. The molecule has 0 saturated carbocycles. The van der Waals surface area contributed by atoms with E-state index in [0.717, 1.165) is 0 Å². The molecule has 0 bridgehead atoms. The smallest absolute Gasteiger partial charge is 0.381 e. The normalized spacial score (nSPS) is 15.9. The maximum atomic E-state index is 11.9. The van der Waals surface area contributed by atoms with Gasteiger partial charge in [0.1, 0.15) is 25.5 Å². The monoisotopic (exact) mass is 318 g/mol. The standard InChI is InChI=1S/C14H14N4O5/c19-14(7-17-6-13(16-9-17)18(20)21)15-5-10-8-22-11-3-1-2-4-12(11)23-10/h1-4,6,9-10H,5,7-8H2,(H,15,19). The molecule has 1 aliphatic heterocycles. The maximum absolute atomic E-state index is 11.9. The quantitative estimate of drug-likeness (QED) is 0.643. The van der Waals surface area contributed by atoms with Crippen LogP contribution in [-0.4, -0.2) is 39.6 Å². The zero-order valence-corrected chi connectivity index (χ0v) is 12.0. The van der Waals surface area contributed by atoms with Crippen molar-refractivity contribution in [3.05, 3.63) is 46.9 Å². The van der Waals surface area contributed by atoms with Gasteiger partial charge in [-0.05, 0) is 22.0 Å². The highest BCUT2D eigenvalue weighted by Gasteiger charge is 2.21. The van der Waals surface area contributed by atoms with E-state index in [-0.39, 0.29) is 30.9 Å². The lowest BCUT2D eigenvalue weighted by Gasteiger charge is -2.26. The molecule has 0 radical (unpaired) electrons. The summed E-state index contributed by atoms with van der Waals surface area (Å²) in [5, 5.41) is 13.2. The second-order valence-corrected chi connectivity index (χ2v) is 4.96. The molecule has 120 valence electrons. The molecule has 2 heterocycles. The highest BCUT2D eigenvalue weighted by Crippen LogP contribution is 2.30. The molecule has 1 amide bonds. The number of rotatable bonds is 5. The van der Waals surface area contributed by atoms with Crippen molar-refractivity contribution in [1.29, 1.82) is 0 Å². The van der Waals surface area contributed by atoms with E-state index in [1.165, 1.54) is 17.1 Å². The topological polar surface area (TPSA) is 109 Å². The molecule has 1 atom stereocenters. The van der Waals surface area contributed by atoms with Gasteiger partial charge >= 0.3 is 5.82 Å². The van der Waals surface area contributed by atoms with Crippen molar-refractivity contribution in [2.45, 2.75) is 12.6 Å². The van der Waals surface area contributed by atoms with Gasteiger partial charge < -0.3 is 29.5 Å². The van der Waals surface area contributed by atoms with Gasteiger partial charge in [-0.15, -0.1) is 0 Å². The Morgan fingerprint density at radius 3 is 2.96 bits per heavy atom. The van der Waals surface area contributed by atoms with Crippen LogP contribution in [0.1, 0.15) is 0 Å². The van der Waals surface area contributed by atoms with E-state index in [1.54, 1.807) is 6.07 Å². The Balaban J connectivity index is 1.49. The first-order valence-electron chi connectivity index (χ1n) is 6.93. The van der Waals surface area contributed by atoms with Gasteiger partial charge in [0.05, 0.1) is 6.54 Å². The average molecular weight is 318 g/mol. The zero-order valence-electron chi connectivity index (χ0n) is 12.0. The fourth-order valence-electron chi connectivity index (χ4n) is 2.14. The van der Waals surface area contributed by atoms with Crippen LogP contribution in [-0.2, 0) is 11.3 Å². The second-order valence-electron chi connectivity index (χ2n) is 4.96. The molecule has 9 heteroatoms. The molecule has 3 rings (SSSR count). The van der Waals surface area contributed by atoms with E-state index in [0.29, 0.717) is 18.1 Å². The number of fused-ring (bicyclic) bond motifs is 1. The number of nitrogens with zero attached hydrogens (tertiary/aromatic N) is 3. The molecule has 1 aromatic carbocycles. The minimum atomic E-state index is -0.612. The average Bonchev–Trinajstić information content (AvgIpc) is 3.01. The number of para-hydroxylation sites is 2. The predicted molar refractivity (Wildman–Crippen MR) is 78.2 cm³/mol. The zero-order chi connectivity index (χ0) is 16.2. The Kier molecular flexibility index (Phi) is 4.09. The van der Waals surface area contributed by atoms with Gasteiger partial charge in [0.2, 0.25) is 12.2 Å². The van der Waals surface area contributed by atoms with Crippen molar-refractivity contribution in [1.82, 2.24) is 14.9 Å². The van der Waals surface area contributed by atoms with Crippen LogP contribution in [0.15, 0.2) is 36.8 Å². The molecular formula is C14H14N4O5. The molecule has 1 N–H and O–H groups in total. The van der Waals surface area contributed by atoms with E-state index in [4.69, 9.17) is 9.47 Å². The highest BCUT2D eigenvalue weighted by atomic mass is 16.6. The molecule has 2 aromatic rings. The highest BCUT2D eigenvalue weighted by molar-refractivity contribution is 5.75. The summed E-state index contributed by atoms with van der Waals surface area (Å²) in [6, 6.07) is 7.31. The van der Waals surface area contributed by atoms with Gasteiger partial charge in [-0.1, -0.05) is 12.1 Å². The molecule has 1 unspecified atom stereocenters. The van der Waals surface area contributed by atoms with Crippen LogP contribution in [0, 0.1) is 10.1 Å². The number of hydrogen-bond acceptors (Lipinski definition) is 6. The summed E-state index contributed by atoms with van der Waals surface area (Å²) in [5.41, 5.74) is 0. The first-order valence-corrected chi connectivity index (χ1v) is 6.93. The Morgan fingerprint density at radius 2 is 2.22 bits per heavy atom. The van der Waals surface area contributed by atoms with Crippen molar-refractivity contribution < 1.29 is 19.2 Å². The summed E-state index contributed by atoms with van der Waals surface area (Å²) in [6.45, 7) is 0.572. The SMILES string of the molecule is O=C(Cn1cnc([N+](=O)[O-])c1)NCC1COc2ccccc2O1. The number of carbonyl (C=O) groups is 1. The third-order valence-electron chi connectivity index (χ3n) is 3.23. The first kappa shape index (κ1) is 14.8. The molecule has 1 aliphatic rings. The molecule has 0 saturated heterocycles. The minimum Gasteiger partial charge on any atom is -0.486 e. The van der Waals surface area contributed by atoms with Crippen molar-refractivity contribution >= 4 is 11.7 Å².